The molecular formula is C4H11N3O2. The molecule has 0 rings (SSSR count). The maximum Gasteiger partial charge on any atom is 0.311 e. The van der Waals surface area contributed by atoms with E-state index in [9.17, 15) is 9.59 Å². The van der Waals surface area contributed by atoms with Gasteiger partial charge in [0.2, 0.25) is 5.91 Å². The Balaban J connectivity index is 0. The van der Waals surface area contributed by atoms with Crippen LogP contribution in [0.15, 0.2) is 0 Å². The Morgan fingerprint density at radius 1 is 1.33 bits per heavy atom. The third-order valence-corrected chi connectivity index (χ3v) is 0.246. The van der Waals surface area contributed by atoms with Crippen LogP contribution in [-0.2, 0) is 4.79 Å². The van der Waals surface area contributed by atoms with E-state index >= 15 is 0 Å². The highest BCUT2D eigenvalue weighted by atomic mass is 16.2. The summed E-state index contributed by atoms with van der Waals surface area (Å²) >= 11 is 0. The molecule has 0 aliphatic heterocycles. The summed E-state index contributed by atoms with van der Waals surface area (Å²) in [6, 6.07) is -0.495. The normalized spacial score (nSPS) is 6.44. The zero-order valence-corrected chi connectivity index (χ0v) is 5.47. The van der Waals surface area contributed by atoms with E-state index in [1.165, 1.54) is 14.0 Å². The molecule has 0 saturated heterocycles. The third kappa shape index (κ3) is 277. The van der Waals surface area contributed by atoms with Gasteiger partial charge >= 0.3 is 6.03 Å². The first-order valence-electron chi connectivity index (χ1n) is 2.24. The Morgan fingerprint density at radius 2 is 1.44 bits per heavy atom. The van der Waals surface area contributed by atoms with E-state index in [1.807, 2.05) is 0 Å². The van der Waals surface area contributed by atoms with Gasteiger partial charge < -0.3 is 16.8 Å². The number of rotatable bonds is 0. The number of carbonyl (C=O) groups excluding carboxylic acids is 2. The van der Waals surface area contributed by atoms with Gasteiger partial charge in [0.25, 0.3) is 0 Å². The Bertz CT molecular complexity index is 98.0. The fourth-order valence-corrected chi connectivity index (χ4v) is 0. The molecule has 0 bridgehead atoms. The van der Waals surface area contributed by atoms with Crippen LogP contribution in [-0.4, -0.2) is 19.0 Å². The average Bonchev–Trinajstić information content (AvgIpc) is 1.65. The van der Waals surface area contributed by atoms with Crippen molar-refractivity contribution in [2.75, 3.05) is 7.05 Å². The number of hydrogen-bond donors (Lipinski definition) is 3. The molecule has 0 aromatic rings. The van der Waals surface area contributed by atoms with E-state index in [-0.39, 0.29) is 5.91 Å². The molecule has 3 amide bonds. The average molecular weight is 133 g/mol. The molecule has 0 radical (unpaired) electrons. The van der Waals surface area contributed by atoms with Crippen LogP contribution < -0.4 is 16.8 Å². The van der Waals surface area contributed by atoms with E-state index in [1.54, 1.807) is 0 Å². The van der Waals surface area contributed by atoms with Crippen molar-refractivity contribution in [2.45, 2.75) is 6.92 Å². The predicted octanol–water partition coefficient (Wildman–Crippen LogP) is -1.22. The summed E-state index contributed by atoms with van der Waals surface area (Å²) in [6.45, 7) is 1.31. The molecule has 0 aliphatic rings. The standard InChI is InChI=1S/C2H6N2O.C2H5NO/c1-4-2(3)5;1-2(3)4/h1H3,(H3,3,4,5);1H3,(H2,3,4). The molecule has 5 nitrogen and oxygen atoms in total. The fraction of sp³-hybridized carbons (Fsp3) is 0.500. The van der Waals surface area contributed by atoms with Gasteiger partial charge in [0.15, 0.2) is 0 Å². The lowest BCUT2D eigenvalue weighted by atomic mass is 10.8. The second-order valence-electron chi connectivity index (χ2n) is 1.22. The summed E-state index contributed by atoms with van der Waals surface area (Å²) in [4.78, 5) is 18.7. The summed E-state index contributed by atoms with van der Waals surface area (Å²) in [5.41, 5.74) is 9.01. The second-order valence-corrected chi connectivity index (χ2v) is 1.22. The summed E-state index contributed by atoms with van der Waals surface area (Å²) < 4.78 is 0. The highest BCUT2D eigenvalue weighted by molar-refractivity contribution is 5.71. The van der Waals surface area contributed by atoms with Crippen LogP contribution in [0.3, 0.4) is 0 Å². The molecule has 0 atom stereocenters. The minimum absolute atomic E-state index is 0.333. The highest BCUT2D eigenvalue weighted by Gasteiger charge is 1.72. The summed E-state index contributed by atoms with van der Waals surface area (Å²) in [5, 5.41) is 2.17. The first-order valence-corrected chi connectivity index (χ1v) is 2.24. The maximum absolute atomic E-state index is 9.48. The van der Waals surface area contributed by atoms with Crippen molar-refractivity contribution in [2.24, 2.45) is 11.5 Å². The summed E-state index contributed by atoms with van der Waals surface area (Å²) in [5.74, 6) is -0.333. The summed E-state index contributed by atoms with van der Waals surface area (Å²) in [7, 11) is 1.47. The van der Waals surface area contributed by atoms with Crippen molar-refractivity contribution in [1.82, 2.24) is 5.32 Å². The van der Waals surface area contributed by atoms with Crippen molar-refractivity contribution in [3.63, 3.8) is 0 Å². The van der Waals surface area contributed by atoms with E-state index in [0.29, 0.717) is 0 Å². The van der Waals surface area contributed by atoms with Gasteiger partial charge in [-0.2, -0.15) is 0 Å². The molecule has 0 spiro atoms. The van der Waals surface area contributed by atoms with Gasteiger partial charge in [-0.3, -0.25) is 4.79 Å². The van der Waals surface area contributed by atoms with Gasteiger partial charge in [-0.05, 0) is 0 Å². The van der Waals surface area contributed by atoms with Crippen LogP contribution in [0.5, 0.6) is 0 Å². The van der Waals surface area contributed by atoms with Crippen LogP contribution >= 0.6 is 0 Å². The molecule has 0 aliphatic carbocycles. The van der Waals surface area contributed by atoms with Gasteiger partial charge in [-0.1, -0.05) is 0 Å². The Hall–Kier alpha value is -1.26. The lowest BCUT2D eigenvalue weighted by Gasteiger charge is -1.80. The zero-order valence-electron chi connectivity index (χ0n) is 5.47. The number of amides is 3. The Morgan fingerprint density at radius 3 is 1.44 bits per heavy atom. The molecule has 0 saturated carbocycles. The number of hydrogen-bond acceptors (Lipinski definition) is 2. The molecule has 0 fully saturated rings. The smallest absolute Gasteiger partial charge is 0.311 e. The van der Waals surface area contributed by atoms with Crippen LogP contribution in [0.1, 0.15) is 6.92 Å². The van der Waals surface area contributed by atoms with Crippen molar-refractivity contribution < 1.29 is 9.59 Å². The molecule has 0 unspecified atom stereocenters. The van der Waals surface area contributed by atoms with E-state index in [0.717, 1.165) is 0 Å². The van der Waals surface area contributed by atoms with Gasteiger partial charge in [0, 0.05) is 14.0 Å². The van der Waals surface area contributed by atoms with Gasteiger partial charge in [-0.25, -0.2) is 4.79 Å². The van der Waals surface area contributed by atoms with E-state index < -0.39 is 6.03 Å². The van der Waals surface area contributed by atoms with Crippen LogP contribution in [0.25, 0.3) is 0 Å². The Kier molecular flexibility index (Phi) is 7.99. The molecule has 54 valence electrons. The first kappa shape index (κ1) is 10.7. The lowest BCUT2D eigenvalue weighted by Crippen LogP contribution is -2.24. The SMILES string of the molecule is CC(N)=O.CNC(N)=O. The molecule has 9 heavy (non-hydrogen) atoms. The van der Waals surface area contributed by atoms with Crippen LogP contribution in [0, 0.1) is 0 Å². The zero-order chi connectivity index (χ0) is 7.86. The quantitative estimate of drug-likeness (QED) is 0.386. The number of urea groups is 1. The van der Waals surface area contributed by atoms with Gasteiger partial charge in [0.05, 0.1) is 0 Å². The number of carbonyl (C=O) groups is 2. The predicted molar refractivity (Wildman–Crippen MR) is 33.5 cm³/mol. The number of nitrogens with two attached hydrogens (primary N) is 2. The molecule has 0 heterocycles. The van der Waals surface area contributed by atoms with E-state index in [2.05, 4.69) is 16.8 Å². The first-order chi connectivity index (χ1) is 4.00. The minimum Gasteiger partial charge on any atom is -0.370 e. The van der Waals surface area contributed by atoms with Crippen LogP contribution in [0.4, 0.5) is 4.79 Å². The van der Waals surface area contributed by atoms with E-state index in [4.69, 9.17) is 0 Å². The largest absolute Gasteiger partial charge is 0.370 e. The second kappa shape index (κ2) is 6.74. The topological polar surface area (TPSA) is 98.2 Å². The fourth-order valence-electron chi connectivity index (χ4n) is 0. The molecule has 5 heteroatoms. The minimum atomic E-state index is -0.495. The van der Waals surface area contributed by atoms with Gasteiger partial charge in [0.1, 0.15) is 0 Å². The van der Waals surface area contributed by atoms with Crippen molar-refractivity contribution in [3.05, 3.63) is 0 Å². The lowest BCUT2D eigenvalue weighted by molar-refractivity contribution is -0.115. The molecule has 5 N–H and O–H groups in total. The number of nitrogens with one attached hydrogen (secondary N) is 1. The maximum atomic E-state index is 9.48. The monoisotopic (exact) mass is 133 g/mol. The third-order valence-electron chi connectivity index (χ3n) is 0.246. The summed E-state index contributed by atoms with van der Waals surface area (Å²) in [6.07, 6.45) is 0. The molecular weight excluding hydrogens is 122 g/mol. The van der Waals surface area contributed by atoms with Crippen molar-refractivity contribution in [3.8, 4) is 0 Å². The van der Waals surface area contributed by atoms with Crippen molar-refractivity contribution in [1.29, 1.82) is 0 Å². The Labute approximate surface area is 53.4 Å². The highest BCUT2D eigenvalue weighted by Crippen LogP contribution is 1.38. The van der Waals surface area contributed by atoms with Gasteiger partial charge in [-0.15, -0.1) is 0 Å². The number of primary amides is 2. The van der Waals surface area contributed by atoms with Crippen molar-refractivity contribution >= 4 is 11.9 Å². The van der Waals surface area contributed by atoms with Crippen LogP contribution in [0.2, 0.25) is 0 Å². The molecule has 0 aromatic heterocycles. The molecule has 0 aromatic carbocycles.